The van der Waals surface area contributed by atoms with Crippen LogP contribution in [0, 0.1) is 0 Å². The first-order valence-corrected chi connectivity index (χ1v) is 6.79. The molecule has 0 aliphatic heterocycles. The first-order chi connectivity index (χ1) is 10.9. The van der Waals surface area contributed by atoms with Crippen molar-refractivity contribution in [2.75, 3.05) is 16.4 Å². The number of carbonyl (C=O) groups is 3. The average molecular weight is 312 g/mol. The highest BCUT2D eigenvalue weighted by molar-refractivity contribution is 6.08. The maximum atomic E-state index is 11.9. The molecule has 4 amide bonds. The molecule has 118 valence electrons. The van der Waals surface area contributed by atoms with Crippen LogP contribution < -0.4 is 21.7 Å². The van der Waals surface area contributed by atoms with E-state index in [2.05, 4.69) is 16.0 Å². The fraction of sp³-hybridized carbons (Fsp3) is 0.0625. The van der Waals surface area contributed by atoms with Gasteiger partial charge in [0, 0.05) is 29.5 Å². The van der Waals surface area contributed by atoms with E-state index in [9.17, 15) is 14.4 Å². The van der Waals surface area contributed by atoms with E-state index in [4.69, 9.17) is 5.73 Å². The maximum Gasteiger partial charge on any atom is 0.326 e. The highest BCUT2D eigenvalue weighted by Gasteiger charge is 2.10. The van der Waals surface area contributed by atoms with Crippen molar-refractivity contribution >= 4 is 34.9 Å². The fourth-order valence-corrected chi connectivity index (χ4v) is 1.85. The summed E-state index contributed by atoms with van der Waals surface area (Å²) in [5.74, 6) is -0.759. The lowest BCUT2D eigenvalue weighted by atomic mass is 10.2. The standard InChI is InChI=1S/C16H16N4O3/c1-10(21)18-13-3-2-4-14(9-13)19-16(23)20-15(22)11-5-7-12(17)8-6-11/h2-9H,17H2,1H3,(H,18,21)(H2,19,20,22,23). The Balaban J connectivity index is 1.98. The number of hydrogen-bond acceptors (Lipinski definition) is 4. The zero-order chi connectivity index (χ0) is 16.8. The molecule has 2 aromatic carbocycles. The largest absolute Gasteiger partial charge is 0.399 e. The number of anilines is 3. The quantitative estimate of drug-likeness (QED) is 0.650. The zero-order valence-corrected chi connectivity index (χ0v) is 12.4. The molecule has 5 N–H and O–H groups in total. The SMILES string of the molecule is CC(=O)Nc1cccc(NC(=O)NC(=O)c2ccc(N)cc2)c1. The summed E-state index contributed by atoms with van der Waals surface area (Å²) in [6.45, 7) is 1.39. The summed E-state index contributed by atoms with van der Waals surface area (Å²) in [5.41, 5.74) is 7.37. The Morgan fingerprint density at radius 3 is 2.13 bits per heavy atom. The second-order valence-corrected chi connectivity index (χ2v) is 4.79. The Labute approximate surface area is 132 Å². The molecule has 7 nitrogen and oxygen atoms in total. The topological polar surface area (TPSA) is 113 Å². The summed E-state index contributed by atoms with van der Waals surface area (Å²) in [5, 5.41) is 7.33. The number of carbonyl (C=O) groups excluding carboxylic acids is 3. The van der Waals surface area contributed by atoms with E-state index in [1.54, 1.807) is 36.4 Å². The Morgan fingerprint density at radius 1 is 0.913 bits per heavy atom. The van der Waals surface area contributed by atoms with Gasteiger partial charge in [0.1, 0.15) is 0 Å². The van der Waals surface area contributed by atoms with E-state index in [-0.39, 0.29) is 5.91 Å². The lowest BCUT2D eigenvalue weighted by molar-refractivity contribution is -0.114. The van der Waals surface area contributed by atoms with Crippen LogP contribution in [0.3, 0.4) is 0 Å². The van der Waals surface area contributed by atoms with E-state index >= 15 is 0 Å². The third kappa shape index (κ3) is 4.85. The molecule has 0 spiro atoms. The predicted molar refractivity (Wildman–Crippen MR) is 88.1 cm³/mol. The zero-order valence-electron chi connectivity index (χ0n) is 12.4. The van der Waals surface area contributed by atoms with Gasteiger partial charge in [-0.15, -0.1) is 0 Å². The van der Waals surface area contributed by atoms with Crippen molar-refractivity contribution in [3.63, 3.8) is 0 Å². The highest BCUT2D eigenvalue weighted by Crippen LogP contribution is 2.15. The van der Waals surface area contributed by atoms with Crippen LogP contribution >= 0.6 is 0 Å². The van der Waals surface area contributed by atoms with Gasteiger partial charge < -0.3 is 16.4 Å². The van der Waals surface area contributed by atoms with Gasteiger partial charge in [0.15, 0.2) is 0 Å². The molecular formula is C16H16N4O3. The molecule has 7 heteroatoms. The maximum absolute atomic E-state index is 11.9. The minimum Gasteiger partial charge on any atom is -0.399 e. The normalized spacial score (nSPS) is 9.78. The van der Waals surface area contributed by atoms with Crippen LogP contribution in [-0.2, 0) is 4.79 Å². The van der Waals surface area contributed by atoms with E-state index in [1.807, 2.05) is 0 Å². The van der Waals surface area contributed by atoms with Crippen molar-refractivity contribution < 1.29 is 14.4 Å². The Morgan fingerprint density at radius 2 is 1.52 bits per heavy atom. The van der Waals surface area contributed by atoms with E-state index in [0.717, 1.165) is 0 Å². The number of nitrogen functional groups attached to an aromatic ring is 1. The monoisotopic (exact) mass is 312 g/mol. The minimum absolute atomic E-state index is 0.217. The molecule has 0 radical (unpaired) electrons. The van der Waals surface area contributed by atoms with Crippen LogP contribution in [0.4, 0.5) is 21.9 Å². The number of nitrogens with one attached hydrogen (secondary N) is 3. The Hall–Kier alpha value is -3.35. The molecule has 0 atom stereocenters. The summed E-state index contributed by atoms with van der Waals surface area (Å²) in [7, 11) is 0. The summed E-state index contributed by atoms with van der Waals surface area (Å²) in [4.78, 5) is 34.7. The molecule has 0 saturated carbocycles. The van der Waals surface area contributed by atoms with E-state index in [1.165, 1.54) is 19.1 Å². The van der Waals surface area contributed by atoms with Crippen LogP contribution in [0.5, 0.6) is 0 Å². The number of rotatable bonds is 3. The van der Waals surface area contributed by atoms with Crippen LogP contribution in [-0.4, -0.2) is 17.8 Å². The fourth-order valence-electron chi connectivity index (χ4n) is 1.85. The van der Waals surface area contributed by atoms with Gasteiger partial charge in [-0.25, -0.2) is 4.79 Å². The number of nitrogens with two attached hydrogens (primary N) is 1. The van der Waals surface area contributed by atoms with Crippen molar-refractivity contribution in [1.29, 1.82) is 0 Å². The molecule has 0 aromatic heterocycles. The second-order valence-electron chi connectivity index (χ2n) is 4.79. The van der Waals surface area contributed by atoms with Crippen LogP contribution in [0.15, 0.2) is 48.5 Å². The minimum atomic E-state index is -0.674. The van der Waals surface area contributed by atoms with Gasteiger partial charge in [0.2, 0.25) is 5.91 Å². The molecule has 0 aliphatic carbocycles. The molecule has 2 aromatic rings. The van der Waals surface area contributed by atoms with Crippen molar-refractivity contribution in [2.45, 2.75) is 6.92 Å². The third-order valence-electron chi connectivity index (χ3n) is 2.84. The van der Waals surface area contributed by atoms with Crippen molar-refractivity contribution in [1.82, 2.24) is 5.32 Å². The average Bonchev–Trinajstić information content (AvgIpc) is 2.47. The summed E-state index contributed by atoms with van der Waals surface area (Å²) < 4.78 is 0. The first kappa shape index (κ1) is 16.0. The number of benzene rings is 2. The summed E-state index contributed by atoms with van der Waals surface area (Å²) >= 11 is 0. The lowest BCUT2D eigenvalue weighted by Gasteiger charge is -2.09. The van der Waals surface area contributed by atoms with Crippen molar-refractivity contribution in [2.24, 2.45) is 0 Å². The first-order valence-electron chi connectivity index (χ1n) is 6.79. The smallest absolute Gasteiger partial charge is 0.326 e. The van der Waals surface area contributed by atoms with E-state index < -0.39 is 11.9 Å². The van der Waals surface area contributed by atoms with E-state index in [0.29, 0.717) is 22.6 Å². The third-order valence-corrected chi connectivity index (χ3v) is 2.84. The molecule has 23 heavy (non-hydrogen) atoms. The molecule has 0 unspecified atom stereocenters. The van der Waals surface area contributed by atoms with Crippen LogP contribution in [0.1, 0.15) is 17.3 Å². The van der Waals surface area contributed by atoms with Gasteiger partial charge >= 0.3 is 6.03 Å². The molecule has 0 saturated heterocycles. The molecule has 0 aliphatic rings. The number of hydrogen-bond donors (Lipinski definition) is 4. The molecule has 2 rings (SSSR count). The Bertz CT molecular complexity index is 741. The Kier molecular flexibility index (Phi) is 4.93. The van der Waals surface area contributed by atoms with Gasteiger partial charge in [0.25, 0.3) is 5.91 Å². The van der Waals surface area contributed by atoms with Gasteiger partial charge in [-0.05, 0) is 42.5 Å². The summed E-state index contributed by atoms with van der Waals surface area (Å²) in [6, 6.07) is 12.1. The van der Waals surface area contributed by atoms with Gasteiger partial charge in [-0.3, -0.25) is 14.9 Å². The van der Waals surface area contributed by atoms with Gasteiger partial charge in [-0.1, -0.05) is 6.07 Å². The summed E-state index contributed by atoms with van der Waals surface area (Å²) in [6.07, 6.45) is 0. The lowest BCUT2D eigenvalue weighted by Crippen LogP contribution is -2.34. The number of imide groups is 1. The molecular weight excluding hydrogens is 296 g/mol. The van der Waals surface area contributed by atoms with Crippen LogP contribution in [0.2, 0.25) is 0 Å². The predicted octanol–water partition coefficient (Wildman–Crippen LogP) is 2.19. The van der Waals surface area contributed by atoms with Crippen LogP contribution in [0.25, 0.3) is 0 Å². The number of urea groups is 1. The molecule has 0 fully saturated rings. The molecule has 0 heterocycles. The van der Waals surface area contributed by atoms with Crippen molar-refractivity contribution in [3.05, 3.63) is 54.1 Å². The second kappa shape index (κ2) is 7.08. The number of amides is 4. The highest BCUT2D eigenvalue weighted by atomic mass is 16.2. The van der Waals surface area contributed by atoms with Gasteiger partial charge in [-0.2, -0.15) is 0 Å². The molecule has 0 bridgehead atoms. The van der Waals surface area contributed by atoms with Crippen molar-refractivity contribution in [3.8, 4) is 0 Å². The van der Waals surface area contributed by atoms with Gasteiger partial charge in [0.05, 0.1) is 0 Å².